The third-order valence-electron chi connectivity index (χ3n) is 3.83. The molecular formula is C18H25ClN4O3. The predicted molar refractivity (Wildman–Crippen MR) is 98.8 cm³/mol. The van der Waals surface area contributed by atoms with Crippen molar-refractivity contribution in [2.24, 2.45) is 5.41 Å². The number of aromatic nitrogens is 3. The van der Waals surface area contributed by atoms with Crippen LogP contribution in [0.4, 0.5) is 0 Å². The number of nitrogens with zero attached hydrogens (tertiary/aromatic N) is 3. The average molecular weight is 381 g/mol. The van der Waals surface area contributed by atoms with Gasteiger partial charge in [-0.3, -0.25) is 4.79 Å². The maximum Gasteiger partial charge on any atom is 0.251 e. The van der Waals surface area contributed by atoms with E-state index in [1.165, 1.54) is 31.2 Å². The van der Waals surface area contributed by atoms with Gasteiger partial charge < -0.3 is 15.2 Å². The number of benzene rings is 1. The van der Waals surface area contributed by atoms with Gasteiger partial charge in [0.15, 0.2) is 0 Å². The largest absolute Gasteiger partial charge is 0.466 e. The third kappa shape index (κ3) is 5.19. The van der Waals surface area contributed by atoms with Gasteiger partial charge in [-0.25, -0.2) is 9.67 Å². The summed E-state index contributed by atoms with van der Waals surface area (Å²) < 4.78 is 7.66. The molecule has 0 aliphatic carbocycles. The molecule has 0 fully saturated rings. The summed E-state index contributed by atoms with van der Waals surface area (Å²) in [5.41, 5.74) is -1.92. The summed E-state index contributed by atoms with van der Waals surface area (Å²) in [4.78, 5) is 16.4. The van der Waals surface area contributed by atoms with E-state index in [1.54, 1.807) is 24.3 Å². The number of aliphatic hydroxyl groups is 1. The van der Waals surface area contributed by atoms with E-state index in [9.17, 15) is 9.90 Å². The van der Waals surface area contributed by atoms with Crippen molar-refractivity contribution in [3.63, 3.8) is 0 Å². The van der Waals surface area contributed by atoms with Crippen molar-refractivity contribution in [1.82, 2.24) is 20.1 Å². The van der Waals surface area contributed by atoms with Crippen LogP contribution in [0.25, 0.3) is 0 Å². The Bertz CT molecular complexity index is 718. The van der Waals surface area contributed by atoms with E-state index in [0.29, 0.717) is 10.8 Å². The molecule has 1 aromatic carbocycles. The van der Waals surface area contributed by atoms with E-state index in [2.05, 4.69) is 15.4 Å². The summed E-state index contributed by atoms with van der Waals surface area (Å²) in [6.07, 6.45) is 2.25. The SMILES string of the molecule is CC(C)(O)C(=O)N[C@H]([C@H](Oc1ccc(Cl)cc1)n1cncn1)C(C)(C)C. The van der Waals surface area contributed by atoms with Gasteiger partial charge in [-0.2, -0.15) is 5.10 Å². The van der Waals surface area contributed by atoms with Crippen LogP contribution in [-0.2, 0) is 4.79 Å². The number of halogens is 1. The summed E-state index contributed by atoms with van der Waals surface area (Å²) >= 11 is 5.93. The van der Waals surface area contributed by atoms with Crippen molar-refractivity contribution in [2.45, 2.75) is 52.5 Å². The summed E-state index contributed by atoms with van der Waals surface area (Å²) in [7, 11) is 0. The Morgan fingerprint density at radius 2 is 1.85 bits per heavy atom. The quantitative estimate of drug-likeness (QED) is 0.804. The summed E-state index contributed by atoms with van der Waals surface area (Å²) in [5.74, 6) is 0.0731. The third-order valence-corrected chi connectivity index (χ3v) is 4.08. The van der Waals surface area contributed by atoms with E-state index < -0.39 is 29.2 Å². The molecule has 0 aliphatic rings. The number of amides is 1. The van der Waals surface area contributed by atoms with Gasteiger partial charge in [0.25, 0.3) is 5.91 Å². The lowest BCUT2D eigenvalue weighted by atomic mass is 9.85. The van der Waals surface area contributed by atoms with E-state index in [0.717, 1.165) is 0 Å². The highest BCUT2D eigenvalue weighted by Crippen LogP contribution is 2.31. The van der Waals surface area contributed by atoms with E-state index in [4.69, 9.17) is 16.3 Å². The molecule has 7 nitrogen and oxygen atoms in total. The van der Waals surface area contributed by atoms with Crippen molar-refractivity contribution in [1.29, 1.82) is 0 Å². The second kappa shape index (κ2) is 7.63. The molecule has 0 radical (unpaired) electrons. The Hall–Kier alpha value is -2.12. The van der Waals surface area contributed by atoms with Gasteiger partial charge in [-0.1, -0.05) is 32.4 Å². The number of carbonyl (C=O) groups is 1. The molecule has 1 aromatic heterocycles. The highest BCUT2D eigenvalue weighted by molar-refractivity contribution is 6.30. The van der Waals surface area contributed by atoms with Crippen LogP contribution >= 0.6 is 11.6 Å². The van der Waals surface area contributed by atoms with Crippen LogP contribution in [0, 0.1) is 5.41 Å². The Balaban J connectivity index is 2.38. The normalized spacial score (nSPS) is 14.6. The topological polar surface area (TPSA) is 89.3 Å². The van der Waals surface area contributed by atoms with Crippen LogP contribution < -0.4 is 10.1 Å². The van der Waals surface area contributed by atoms with Gasteiger partial charge in [-0.15, -0.1) is 0 Å². The second-order valence-corrected chi connectivity index (χ2v) is 8.15. The molecule has 2 aromatic rings. The standard InChI is InChI=1S/C18H25ClN4O3/c1-17(2,3)14(22-16(24)18(4,5)25)15(23-11-20-10-21-23)26-13-8-6-12(19)7-9-13/h6-11,14-15,25H,1-5H3,(H,22,24)/t14-,15+/m1/s1. The van der Waals surface area contributed by atoms with Gasteiger partial charge >= 0.3 is 0 Å². The molecule has 1 heterocycles. The van der Waals surface area contributed by atoms with Gasteiger partial charge in [0.1, 0.15) is 24.0 Å². The first-order chi connectivity index (χ1) is 12.0. The molecule has 142 valence electrons. The molecule has 0 saturated heterocycles. The Morgan fingerprint density at radius 3 is 2.31 bits per heavy atom. The minimum Gasteiger partial charge on any atom is -0.466 e. The van der Waals surface area contributed by atoms with Crippen LogP contribution in [0.3, 0.4) is 0 Å². The zero-order chi connectivity index (χ0) is 19.5. The fourth-order valence-corrected chi connectivity index (χ4v) is 2.44. The van der Waals surface area contributed by atoms with E-state index >= 15 is 0 Å². The Morgan fingerprint density at radius 1 is 1.23 bits per heavy atom. The number of hydrogen-bond donors (Lipinski definition) is 2. The minimum absolute atomic E-state index is 0.399. The number of nitrogens with one attached hydrogen (secondary N) is 1. The summed E-state index contributed by atoms with van der Waals surface area (Å²) in [5, 5.41) is 17.7. The zero-order valence-electron chi connectivity index (χ0n) is 15.6. The molecule has 26 heavy (non-hydrogen) atoms. The van der Waals surface area contributed by atoms with Crippen molar-refractivity contribution < 1.29 is 14.6 Å². The molecule has 2 rings (SSSR count). The first-order valence-electron chi connectivity index (χ1n) is 8.28. The molecule has 8 heteroatoms. The lowest BCUT2D eigenvalue weighted by molar-refractivity contribution is -0.140. The summed E-state index contributed by atoms with van der Waals surface area (Å²) in [6.45, 7) is 8.78. The van der Waals surface area contributed by atoms with Crippen LogP contribution in [-0.4, -0.2) is 37.4 Å². The smallest absolute Gasteiger partial charge is 0.251 e. The van der Waals surface area contributed by atoms with Crippen molar-refractivity contribution >= 4 is 17.5 Å². The first-order valence-corrected chi connectivity index (χ1v) is 8.66. The average Bonchev–Trinajstić information content (AvgIpc) is 3.04. The number of carbonyl (C=O) groups excluding carboxylic acids is 1. The highest BCUT2D eigenvalue weighted by Gasteiger charge is 2.39. The fraction of sp³-hybridized carbons (Fsp3) is 0.500. The highest BCUT2D eigenvalue weighted by atomic mass is 35.5. The molecule has 2 atom stereocenters. The maximum atomic E-state index is 12.4. The molecule has 0 aliphatic heterocycles. The number of ether oxygens (including phenoxy) is 1. The Labute approximate surface area is 158 Å². The molecular weight excluding hydrogens is 356 g/mol. The first kappa shape index (κ1) is 20.2. The van der Waals surface area contributed by atoms with Gasteiger partial charge in [-0.05, 0) is 43.5 Å². The minimum atomic E-state index is -1.52. The van der Waals surface area contributed by atoms with Crippen LogP contribution in [0.15, 0.2) is 36.9 Å². The predicted octanol–water partition coefficient (Wildman–Crippen LogP) is 2.81. The molecule has 0 unspecified atom stereocenters. The Kier molecular flexibility index (Phi) is 5.93. The van der Waals surface area contributed by atoms with Crippen molar-refractivity contribution in [3.05, 3.63) is 41.9 Å². The molecule has 0 bridgehead atoms. The van der Waals surface area contributed by atoms with E-state index in [-0.39, 0.29) is 0 Å². The van der Waals surface area contributed by atoms with Crippen LogP contribution in [0.2, 0.25) is 5.02 Å². The zero-order valence-corrected chi connectivity index (χ0v) is 16.4. The lowest BCUT2D eigenvalue weighted by Gasteiger charge is -2.38. The van der Waals surface area contributed by atoms with Gasteiger partial charge in [0, 0.05) is 5.02 Å². The molecule has 1 amide bonds. The molecule has 0 spiro atoms. The van der Waals surface area contributed by atoms with Gasteiger partial charge in [0.05, 0.1) is 6.04 Å². The monoisotopic (exact) mass is 380 g/mol. The molecule has 0 saturated carbocycles. The van der Waals surface area contributed by atoms with Crippen LogP contribution in [0.5, 0.6) is 5.75 Å². The second-order valence-electron chi connectivity index (χ2n) is 7.71. The number of rotatable bonds is 6. The van der Waals surface area contributed by atoms with Crippen molar-refractivity contribution in [2.75, 3.05) is 0 Å². The maximum absolute atomic E-state index is 12.4. The van der Waals surface area contributed by atoms with Crippen molar-refractivity contribution in [3.8, 4) is 5.75 Å². The lowest BCUT2D eigenvalue weighted by Crippen LogP contribution is -2.55. The van der Waals surface area contributed by atoms with E-state index in [1.807, 2.05) is 20.8 Å². The van der Waals surface area contributed by atoms with Gasteiger partial charge in [0.2, 0.25) is 6.23 Å². The molecule has 2 N–H and O–H groups in total. The summed E-state index contributed by atoms with van der Waals surface area (Å²) in [6, 6.07) is 6.42. The van der Waals surface area contributed by atoms with Crippen LogP contribution in [0.1, 0.15) is 40.8 Å². The fourth-order valence-electron chi connectivity index (χ4n) is 2.31. The number of hydrogen-bond acceptors (Lipinski definition) is 5.